The molecule has 0 aliphatic rings. The predicted molar refractivity (Wildman–Crippen MR) is 85.4 cm³/mol. The molecule has 4 heteroatoms. The third-order valence-corrected chi connectivity index (χ3v) is 3.53. The van der Waals surface area contributed by atoms with Crippen molar-refractivity contribution in [1.82, 2.24) is 14.5 Å². The van der Waals surface area contributed by atoms with Gasteiger partial charge in [0.2, 0.25) is 0 Å². The number of aromatic hydroxyl groups is 1. The van der Waals surface area contributed by atoms with Gasteiger partial charge in [0.05, 0.1) is 11.0 Å². The molecule has 21 heavy (non-hydrogen) atoms. The van der Waals surface area contributed by atoms with Gasteiger partial charge >= 0.3 is 0 Å². The van der Waals surface area contributed by atoms with E-state index in [0.29, 0.717) is 0 Å². The van der Waals surface area contributed by atoms with Gasteiger partial charge in [0, 0.05) is 18.7 Å². The Hall–Kier alpha value is -2.33. The van der Waals surface area contributed by atoms with Gasteiger partial charge in [-0.3, -0.25) is 0 Å². The van der Waals surface area contributed by atoms with Crippen molar-refractivity contribution in [1.29, 1.82) is 0 Å². The van der Waals surface area contributed by atoms with Crippen molar-refractivity contribution < 1.29 is 5.11 Å². The fraction of sp³-hybridized carbons (Fsp3) is 0.235. The molecule has 0 aliphatic carbocycles. The van der Waals surface area contributed by atoms with Crippen LogP contribution in [0.25, 0.3) is 22.4 Å². The van der Waals surface area contributed by atoms with Crippen molar-refractivity contribution in [3.05, 3.63) is 48.5 Å². The number of nitrogens with zero attached hydrogens (tertiary/aromatic N) is 3. The molecule has 0 amide bonds. The first-order chi connectivity index (χ1) is 10.1. The topological polar surface area (TPSA) is 41.3 Å². The summed E-state index contributed by atoms with van der Waals surface area (Å²) in [7, 11) is 4.13. The zero-order valence-corrected chi connectivity index (χ0v) is 12.3. The van der Waals surface area contributed by atoms with Crippen molar-refractivity contribution in [3.8, 4) is 17.1 Å². The van der Waals surface area contributed by atoms with Crippen LogP contribution in [0.5, 0.6) is 5.75 Å². The smallest absolute Gasteiger partial charge is 0.141 e. The largest absolute Gasteiger partial charge is 0.508 e. The molecule has 1 aromatic heterocycles. The van der Waals surface area contributed by atoms with Crippen LogP contribution in [-0.4, -0.2) is 40.2 Å². The van der Waals surface area contributed by atoms with Crippen molar-refractivity contribution >= 4 is 11.0 Å². The van der Waals surface area contributed by atoms with Crippen LogP contribution in [0.15, 0.2) is 48.5 Å². The number of likely N-dealkylation sites (N-methyl/N-ethyl adjacent to an activating group) is 1. The summed E-state index contributed by atoms with van der Waals surface area (Å²) in [5.41, 5.74) is 3.04. The zero-order chi connectivity index (χ0) is 14.8. The molecule has 3 aromatic rings. The van der Waals surface area contributed by atoms with Crippen LogP contribution in [-0.2, 0) is 6.54 Å². The van der Waals surface area contributed by atoms with E-state index in [1.807, 2.05) is 30.3 Å². The minimum absolute atomic E-state index is 0.263. The number of phenolic OH excluding ortho intramolecular Hbond substituents is 1. The van der Waals surface area contributed by atoms with Gasteiger partial charge < -0.3 is 14.6 Å². The summed E-state index contributed by atoms with van der Waals surface area (Å²) >= 11 is 0. The van der Waals surface area contributed by atoms with E-state index in [-0.39, 0.29) is 5.75 Å². The molecule has 4 nitrogen and oxygen atoms in total. The number of hydrogen-bond acceptors (Lipinski definition) is 3. The lowest BCUT2D eigenvalue weighted by Gasteiger charge is -2.13. The second-order valence-electron chi connectivity index (χ2n) is 5.43. The van der Waals surface area contributed by atoms with Gasteiger partial charge in [0.15, 0.2) is 0 Å². The maximum absolute atomic E-state index is 9.71. The van der Waals surface area contributed by atoms with Crippen LogP contribution >= 0.6 is 0 Å². The Morgan fingerprint density at radius 2 is 1.90 bits per heavy atom. The molecule has 0 bridgehead atoms. The monoisotopic (exact) mass is 281 g/mol. The SMILES string of the molecule is CN(C)CCn1c(-c2cccc(O)c2)nc2ccccc21. The molecule has 0 spiro atoms. The van der Waals surface area contributed by atoms with Crippen molar-refractivity contribution in [2.45, 2.75) is 6.54 Å². The summed E-state index contributed by atoms with van der Waals surface area (Å²) in [6.45, 7) is 1.80. The molecule has 0 aliphatic heterocycles. The average Bonchev–Trinajstić information content (AvgIpc) is 2.84. The van der Waals surface area contributed by atoms with Crippen LogP contribution in [0, 0.1) is 0 Å². The second kappa shape index (κ2) is 5.58. The molecule has 1 N–H and O–H groups in total. The van der Waals surface area contributed by atoms with Crippen LogP contribution in [0.4, 0.5) is 0 Å². The Labute approximate surface area is 124 Å². The normalized spacial score (nSPS) is 11.4. The Kier molecular flexibility index (Phi) is 3.62. The lowest BCUT2D eigenvalue weighted by atomic mass is 10.2. The molecular weight excluding hydrogens is 262 g/mol. The lowest BCUT2D eigenvalue weighted by molar-refractivity contribution is 0.387. The summed E-state index contributed by atoms with van der Waals surface area (Å²) in [5.74, 6) is 1.16. The molecule has 0 atom stereocenters. The minimum atomic E-state index is 0.263. The molecular formula is C17H19N3O. The van der Waals surface area contributed by atoms with Gasteiger partial charge in [-0.2, -0.15) is 0 Å². The quantitative estimate of drug-likeness (QED) is 0.799. The summed E-state index contributed by atoms with van der Waals surface area (Å²) in [4.78, 5) is 6.89. The first kappa shape index (κ1) is 13.6. The first-order valence-electron chi connectivity index (χ1n) is 7.04. The van der Waals surface area contributed by atoms with Gasteiger partial charge in [-0.1, -0.05) is 24.3 Å². The number of rotatable bonds is 4. The van der Waals surface area contributed by atoms with Crippen LogP contribution in [0.1, 0.15) is 0 Å². The second-order valence-corrected chi connectivity index (χ2v) is 5.43. The van der Waals surface area contributed by atoms with Gasteiger partial charge in [-0.25, -0.2) is 4.98 Å². The molecule has 1 heterocycles. The van der Waals surface area contributed by atoms with Gasteiger partial charge in [-0.05, 0) is 38.4 Å². The highest BCUT2D eigenvalue weighted by Crippen LogP contribution is 2.26. The fourth-order valence-electron chi connectivity index (χ4n) is 2.47. The molecule has 0 radical (unpaired) electrons. The van der Waals surface area contributed by atoms with E-state index in [0.717, 1.165) is 35.5 Å². The molecule has 3 rings (SSSR count). The van der Waals surface area contributed by atoms with Gasteiger partial charge in [0.25, 0.3) is 0 Å². The maximum atomic E-state index is 9.71. The highest BCUT2D eigenvalue weighted by Gasteiger charge is 2.12. The summed E-state index contributed by atoms with van der Waals surface area (Å²) in [6.07, 6.45) is 0. The summed E-state index contributed by atoms with van der Waals surface area (Å²) < 4.78 is 2.21. The lowest BCUT2D eigenvalue weighted by Crippen LogP contribution is -2.18. The van der Waals surface area contributed by atoms with Gasteiger partial charge in [-0.15, -0.1) is 0 Å². The Morgan fingerprint density at radius 1 is 1.10 bits per heavy atom. The van der Waals surface area contributed by atoms with Gasteiger partial charge in [0.1, 0.15) is 11.6 Å². The predicted octanol–water partition coefficient (Wildman–Crippen LogP) is 2.97. The number of fused-ring (bicyclic) bond motifs is 1. The Bertz CT molecular complexity index is 762. The van der Waals surface area contributed by atoms with E-state index < -0.39 is 0 Å². The third kappa shape index (κ3) is 2.76. The van der Waals surface area contributed by atoms with Crippen LogP contribution in [0.3, 0.4) is 0 Å². The van der Waals surface area contributed by atoms with E-state index >= 15 is 0 Å². The van der Waals surface area contributed by atoms with Crippen LogP contribution < -0.4 is 0 Å². The van der Waals surface area contributed by atoms with E-state index in [1.165, 1.54) is 0 Å². The molecule has 2 aromatic carbocycles. The van der Waals surface area contributed by atoms with Crippen molar-refractivity contribution in [2.75, 3.05) is 20.6 Å². The Morgan fingerprint density at radius 3 is 2.67 bits per heavy atom. The number of hydrogen-bond donors (Lipinski definition) is 1. The highest BCUT2D eigenvalue weighted by molar-refractivity contribution is 5.80. The van der Waals surface area contributed by atoms with E-state index in [4.69, 9.17) is 4.98 Å². The number of aromatic nitrogens is 2. The first-order valence-corrected chi connectivity index (χ1v) is 7.04. The van der Waals surface area contributed by atoms with Crippen LogP contribution in [0.2, 0.25) is 0 Å². The average molecular weight is 281 g/mol. The van der Waals surface area contributed by atoms with E-state index in [1.54, 1.807) is 12.1 Å². The highest BCUT2D eigenvalue weighted by atomic mass is 16.3. The summed E-state index contributed by atoms with van der Waals surface area (Å²) in [5, 5.41) is 9.71. The minimum Gasteiger partial charge on any atom is -0.508 e. The third-order valence-electron chi connectivity index (χ3n) is 3.53. The molecule has 0 saturated carbocycles. The number of phenols is 1. The fourth-order valence-corrected chi connectivity index (χ4v) is 2.47. The zero-order valence-electron chi connectivity index (χ0n) is 12.3. The van der Waals surface area contributed by atoms with Crippen molar-refractivity contribution in [3.63, 3.8) is 0 Å². The number of benzene rings is 2. The van der Waals surface area contributed by atoms with Crippen molar-refractivity contribution in [2.24, 2.45) is 0 Å². The van der Waals surface area contributed by atoms with E-state index in [2.05, 4.69) is 29.6 Å². The molecule has 0 fully saturated rings. The molecule has 0 saturated heterocycles. The van der Waals surface area contributed by atoms with E-state index in [9.17, 15) is 5.11 Å². The molecule has 108 valence electrons. The Balaban J connectivity index is 2.14. The number of para-hydroxylation sites is 2. The molecule has 0 unspecified atom stereocenters. The summed E-state index contributed by atoms with van der Waals surface area (Å²) in [6, 6.07) is 15.4. The number of imidazole rings is 1. The standard InChI is InChI=1S/C17H19N3O/c1-19(2)10-11-20-16-9-4-3-8-15(16)18-17(20)13-6-5-7-14(21)12-13/h3-9,12,21H,10-11H2,1-2H3. The maximum Gasteiger partial charge on any atom is 0.141 e.